The van der Waals surface area contributed by atoms with Gasteiger partial charge in [0.05, 0.1) is 19.2 Å². The first-order valence-corrected chi connectivity index (χ1v) is 9.54. The number of nitrogens with one attached hydrogen (secondary N) is 2. The molecule has 0 saturated heterocycles. The Morgan fingerprint density at radius 2 is 1.63 bits per heavy atom. The molecule has 2 N–H and O–H groups in total. The van der Waals surface area contributed by atoms with Gasteiger partial charge in [0.1, 0.15) is 0 Å². The van der Waals surface area contributed by atoms with E-state index in [-0.39, 0.29) is 23.4 Å². The number of hydrogen-bond acceptors (Lipinski definition) is 4. The van der Waals surface area contributed by atoms with Crippen LogP contribution < -0.4 is 20.1 Å². The van der Waals surface area contributed by atoms with Gasteiger partial charge in [-0.1, -0.05) is 41.9 Å². The summed E-state index contributed by atoms with van der Waals surface area (Å²) in [6.45, 7) is 0.247. The van der Waals surface area contributed by atoms with Crippen molar-refractivity contribution in [2.75, 3.05) is 19.5 Å². The molecule has 6 nitrogen and oxygen atoms in total. The molecule has 3 aromatic carbocycles. The summed E-state index contributed by atoms with van der Waals surface area (Å²) in [7, 11) is 2.95. The summed E-state index contributed by atoms with van der Waals surface area (Å²) >= 11 is 6.17. The minimum atomic E-state index is -0.322. The molecule has 0 saturated carbocycles. The van der Waals surface area contributed by atoms with Crippen LogP contribution in [0.15, 0.2) is 66.7 Å². The highest BCUT2D eigenvalue weighted by Crippen LogP contribution is 2.35. The Bertz CT molecular complexity index is 1050. The van der Waals surface area contributed by atoms with Gasteiger partial charge in [0.25, 0.3) is 11.8 Å². The fourth-order valence-electron chi connectivity index (χ4n) is 2.88. The summed E-state index contributed by atoms with van der Waals surface area (Å²) in [6, 6.07) is 19.3. The number of para-hydroxylation sites is 1. The average molecular weight is 425 g/mol. The topological polar surface area (TPSA) is 76.7 Å². The lowest BCUT2D eigenvalue weighted by Gasteiger charge is -2.12. The van der Waals surface area contributed by atoms with Gasteiger partial charge in [0, 0.05) is 23.4 Å². The number of hydrogen-bond donors (Lipinski definition) is 2. The molecule has 0 radical (unpaired) electrons. The molecule has 0 fully saturated rings. The minimum absolute atomic E-state index is 0.221. The lowest BCUT2D eigenvalue weighted by molar-refractivity contribution is 0.0950. The molecule has 0 aliphatic heterocycles. The van der Waals surface area contributed by atoms with Crippen LogP contribution >= 0.6 is 11.6 Å². The number of methoxy groups -OCH3 is 2. The quantitative estimate of drug-likeness (QED) is 0.583. The van der Waals surface area contributed by atoms with E-state index in [1.54, 1.807) is 24.3 Å². The summed E-state index contributed by atoms with van der Waals surface area (Å²) in [6.07, 6.45) is 0. The van der Waals surface area contributed by atoms with Gasteiger partial charge in [-0.05, 0) is 42.0 Å². The highest BCUT2D eigenvalue weighted by molar-refractivity contribution is 6.32. The molecular formula is C23H21ClN2O4. The van der Waals surface area contributed by atoms with E-state index in [4.69, 9.17) is 21.1 Å². The van der Waals surface area contributed by atoms with Crippen LogP contribution in [-0.4, -0.2) is 26.0 Å². The molecule has 0 aliphatic rings. The van der Waals surface area contributed by atoms with E-state index in [0.29, 0.717) is 28.3 Å². The molecule has 0 heterocycles. The van der Waals surface area contributed by atoms with Gasteiger partial charge in [0.15, 0.2) is 11.5 Å². The van der Waals surface area contributed by atoms with Crippen molar-refractivity contribution >= 4 is 29.1 Å². The number of anilines is 1. The van der Waals surface area contributed by atoms with Gasteiger partial charge in [-0.2, -0.15) is 0 Å². The van der Waals surface area contributed by atoms with Crippen LogP contribution in [0.25, 0.3) is 0 Å². The number of rotatable bonds is 7. The first-order chi connectivity index (χ1) is 14.5. The van der Waals surface area contributed by atoms with E-state index in [1.165, 1.54) is 20.3 Å². The van der Waals surface area contributed by atoms with E-state index in [2.05, 4.69) is 10.6 Å². The Labute approximate surface area is 179 Å². The van der Waals surface area contributed by atoms with E-state index in [9.17, 15) is 9.59 Å². The maximum absolute atomic E-state index is 12.6. The molecule has 3 rings (SSSR count). The summed E-state index contributed by atoms with van der Waals surface area (Å²) in [4.78, 5) is 25.0. The van der Waals surface area contributed by atoms with Crippen molar-refractivity contribution in [2.45, 2.75) is 6.54 Å². The van der Waals surface area contributed by atoms with Gasteiger partial charge >= 0.3 is 0 Å². The smallest absolute Gasteiger partial charge is 0.255 e. The highest BCUT2D eigenvalue weighted by atomic mass is 35.5. The molecule has 0 aromatic heterocycles. The summed E-state index contributed by atoms with van der Waals surface area (Å²) in [5, 5.41) is 5.94. The zero-order valence-electron chi connectivity index (χ0n) is 16.6. The molecule has 0 bridgehead atoms. The van der Waals surface area contributed by atoms with Crippen molar-refractivity contribution in [3.8, 4) is 11.5 Å². The normalized spacial score (nSPS) is 10.2. The number of amides is 2. The summed E-state index contributed by atoms with van der Waals surface area (Å²) in [5.41, 5.74) is 2.34. The van der Waals surface area contributed by atoms with Crippen molar-refractivity contribution in [1.82, 2.24) is 5.32 Å². The molecule has 3 aromatic rings. The predicted octanol–water partition coefficient (Wildman–Crippen LogP) is 4.54. The van der Waals surface area contributed by atoms with Gasteiger partial charge in [0.2, 0.25) is 0 Å². The molecular weight excluding hydrogens is 404 g/mol. The molecule has 2 amide bonds. The maximum atomic E-state index is 12.6. The number of benzene rings is 3. The van der Waals surface area contributed by atoms with Crippen LogP contribution in [0.1, 0.15) is 26.3 Å². The second kappa shape index (κ2) is 9.80. The highest BCUT2D eigenvalue weighted by Gasteiger charge is 2.15. The number of carbonyl (C=O) groups is 2. The van der Waals surface area contributed by atoms with Crippen molar-refractivity contribution < 1.29 is 19.1 Å². The number of halogens is 1. The van der Waals surface area contributed by atoms with Gasteiger partial charge in [-0.25, -0.2) is 0 Å². The minimum Gasteiger partial charge on any atom is -0.493 e. The standard InChI is InChI=1S/C23H21ClN2O4/c1-29-20-13-17(12-19(24)21(20)30-2)22(27)25-14-15-7-6-8-16(11-15)23(28)26-18-9-4-3-5-10-18/h3-13H,14H2,1-2H3,(H,25,27)(H,26,28). The second-order valence-corrected chi connectivity index (χ2v) is 6.80. The average Bonchev–Trinajstić information content (AvgIpc) is 2.77. The van der Waals surface area contributed by atoms with E-state index in [1.807, 2.05) is 36.4 Å². The van der Waals surface area contributed by atoms with Crippen molar-refractivity contribution in [1.29, 1.82) is 0 Å². The van der Waals surface area contributed by atoms with E-state index >= 15 is 0 Å². The fourth-order valence-corrected chi connectivity index (χ4v) is 3.17. The third kappa shape index (κ3) is 5.10. The summed E-state index contributed by atoms with van der Waals surface area (Å²) in [5.74, 6) is 0.195. The predicted molar refractivity (Wildman–Crippen MR) is 117 cm³/mol. The van der Waals surface area contributed by atoms with Crippen LogP contribution in [-0.2, 0) is 6.54 Å². The van der Waals surface area contributed by atoms with Crippen LogP contribution in [0.5, 0.6) is 11.5 Å². The third-order valence-corrected chi connectivity index (χ3v) is 4.65. The van der Waals surface area contributed by atoms with Crippen LogP contribution in [0.3, 0.4) is 0 Å². The molecule has 30 heavy (non-hydrogen) atoms. The lowest BCUT2D eigenvalue weighted by Crippen LogP contribution is -2.23. The van der Waals surface area contributed by atoms with Crippen LogP contribution in [0.4, 0.5) is 5.69 Å². The Morgan fingerprint density at radius 1 is 0.867 bits per heavy atom. The fraction of sp³-hybridized carbons (Fsp3) is 0.130. The van der Waals surface area contributed by atoms with Crippen molar-refractivity contribution in [3.63, 3.8) is 0 Å². The summed E-state index contributed by atoms with van der Waals surface area (Å²) < 4.78 is 10.4. The molecule has 0 spiro atoms. The number of ether oxygens (including phenoxy) is 2. The van der Waals surface area contributed by atoms with E-state index in [0.717, 1.165) is 5.56 Å². The molecule has 0 atom stereocenters. The zero-order chi connectivity index (χ0) is 21.5. The molecule has 0 unspecified atom stereocenters. The van der Waals surface area contributed by atoms with Gasteiger partial charge in [-0.15, -0.1) is 0 Å². The third-order valence-electron chi connectivity index (χ3n) is 4.37. The SMILES string of the molecule is COc1cc(C(=O)NCc2cccc(C(=O)Nc3ccccc3)c2)cc(Cl)c1OC. The first-order valence-electron chi connectivity index (χ1n) is 9.17. The largest absolute Gasteiger partial charge is 0.493 e. The number of carbonyl (C=O) groups excluding carboxylic acids is 2. The monoisotopic (exact) mass is 424 g/mol. The lowest BCUT2D eigenvalue weighted by atomic mass is 10.1. The first kappa shape index (κ1) is 21.2. The van der Waals surface area contributed by atoms with Crippen molar-refractivity contribution in [3.05, 3.63) is 88.4 Å². The Morgan fingerprint density at radius 3 is 2.33 bits per heavy atom. The molecule has 154 valence electrons. The molecule has 0 aliphatic carbocycles. The van der Waals surface area contributed by atoms with Crippen molar-refractivity contribution in [2.24, 2.45) is 0 Å². The van der Waals surface area contributed by atoms with E-state index < -0.39 is 0 Å². The Balaban J connectivity index is 1.68. The van der Waals surface area contributed by atoms with Gasteiger partial charge in [-0.3, -0.25) is 9.59 Å². The Hall–Kier alpha value is -3.51. The van der Waals surface area contributed by atoms with Crippen LogP contribution in [0, 0.1) is 0 Å². The zero-order valence-corrected chi connectivity index (χ0v) is 17.3. The Kier molecular flexibility index (Phi) is 6.93. The second-order valence-electron chi connectivity index (χ2n) is 6.40. The molecule has 7 heteroatoms. The maximum Gasteiger partial charge on any atom is 0.255 e. The van der Waals surface area contributed by atoms with Gasteiger partial charge < -0.3 is 20.1 Å². The van der Waals surface area contributed by atoms with Crippen LogP contribution in [0.2, 0.25) is 5.02 Å².